The molecule has 2 aliphatic rings. The molecule has 0 amide bonds. The molecule has 7 nitrogen and oxygen atoms in total. The van der Waals surface area contributed by atoms with Crippen LogP contribution >= 0.6 is 0 Å². The van der Waals surface area contributed by atoms with Gasteiger partial charge in [0.05, 0.1) is 19.3 Å². The normalized spacial score (nSPS) is 40.3. The summed E-state index contributed by atoms with van der Waals surface area (Å²) in [6, 6.07) is 6.87. The third-order valence-electron chi connectivity index (χ3n) is 4.06. The molecule has 2 heterocycles. The Morgan fingerprint density at radius 1 is 1.23 bits per heavy atom. The maximum atomic E-state index is 10.6. The number of hydrogen-bond donors (Lipinski definition) is 4. The van der Waals surface area contributed by atoms with E-state index in [-0.39, 0.29) is 29.6 Å². The van der Waals surface area contributed by atoms with E-state index in [0.717, 1.165) is 5.56 Å². The predicted molar refractivity (Wildman–Crippen MR) is 72.5 cm³/mol. The SMILES string of the molecule is Cc1ccc([B-]2(O)O[C@H]3[C@H](O)[C@@H](CO)O[C@@]3(CO)O2)cc1.[Na+]. The van der Waals surface area contributed by atoms with Crippen LogP contribution in [0.2, 0.25) is 0 Å². The maximum absolute atomic E-state index is 10.6. The molecule has 0 bridgehead atoms. The van der Waals surface area contributed by atoms with Gasteiger partial charge in [0.2, 0.25) is 0 Å². The number of ether oxygens (including phenoxy) is 1. The number of rotatable bonds is 3. The molecule has 0 spiro atoms. The zero-order chi connectivity index (χ0) is 15.3. The Balaban J connectivity index is 0.00000176. The molecule has 4 N–H and O–H groups in total. The quantitative estimate of drug-likeness (QED) is 0.413. The topological polar surface area (TPSA) is 109 Å². The van der Waals surface area contributed by atoms with E-state index < -0.39 is 44.1 Å². The molecule has 2 saturated heterocycles. The summed E-state index contributed by atoms with van der Waals surface area (Å²) in [5, 5.41) is 39.4. The molecule has 116 valence electrons. The zero-order valence-electron chi connectivity index (χ0n) is 12.5. The average Bonchev–Trinajstić information content (AvgIpc) is 2.91. The van der Waals surface area contributed by atoms with E-state index in [9.17, 15) is 15.2 Å². The minimum Gasteiger partial charge on any atom is -0.555 e. The molecule has 1 aromatic rings. The molecule has 5 atom stereocenters. The molecule has 0 aromatic heterocycles. The van der Waals surface area contributed by atoms with Crippen molar-refractivity contribution in [1.82, 2.24) is 0 Å². The molecule has 0 radical (unpaired) electrons. The van der Waals surface area contributed by atoms with Crippen LogP contribution in [0.5, 0.6) is 0 Å². The smallest absolute Gasteiger partial charge is 0.555 e. The van der Waals surface area contributed by atoms with Gasteiger partial charge in [0.15, 0.2) is 5.79 Å². The van der Waals surface area contributed by atoms with Gasteiger partial charge in [0.25, 0.3) is 0 Å². The minimum atomic E-state index is -2.87. The van der Waals surface area contributed by atoms with Crippen molar-refractivity contribution in [3.63, 3.8) is 0 Å². The summed E-state index contributed by atoms with van der Waals surface area (Å²) in [6.45, 7) is -2.02. The summed E-state index contributed by atoms with van der Waals surface area (Å²) < 4.78 is 16.4. The summed E-state index contributed by atoms with van der Waals surface area (Å²) in [6.07, 6.45) is -3.21. The second-order valence-corrected chi connectivity index (χ2v) is 5.56. The molecule has 0 aliphatic carbocycles. The number of aliphatic hydroxyl groups excluding tert-OH is 3. The Bertz CT molecular complexity index is 530. The molecule has 1 aromatic carbocycles. The molecule has 2 fully saturated rings. The van der Waals surface area contributed by atoms with Crippen LogP contribution in [-0.2, 0) is 14.0 Å². The Morgan fingerprint density at radius 2 is 1.86 bits per heavy atom. The molecule has 22 heavy (non-hydrogen) atoms. The van der Waals surface area contributed by atoms with Crippen molar-refractivity contribution in [1.29, 1.82) is 0 Å². The first kappa shape index (κ1) is 18.3. The van der Waals surface area contributed by atoms with Gasteiger partial charge in [0, 0.05) is 0 Å². The Hall–Kier alpha value is 0.00494. The van der Waals surface area contributed by atoms with E-state index in [1.54, 1.807) is 24.3 Å². The van der Waals surface area contributed by atoms with Crippen LogP contribution in [-0.4, -0.2) is 64.4 Å². The summed E-state index contributed by atoms with van der Waals surface area (Å²) in [5.74, 6) is -1.67. The number of hydrogen-bond acceptors (Lipinski definition) is 7. The van der Waals surface area contributed by atoms with Crippen LogP contribution in [0.15, 0.2) is 24.3 Å². The predicted octanol–water partition coefficient (Wildman–Crippen LogP) is -5.01. The largest absolute Gasteiger partial charge is 1.00 e. The van der Waals surface area contributed by atoms with Gasteiger partial charge in [-0.25, -0.2) is 0 Å². The van der Waals surface area contributed by atoms with Crippen molar-refractivity contribution in [2.24, 2.45) is 0 Å². The maximum Gasteiger partial charge on any atom is 1.00 e. The van der Waals surface area contributed by atoms with Crippen molar-refractivity contribution in [2.75, 3.05) is 13.2 Å². The van der Waals surface area contributed by atoms with Gasteiger partial charge >= 0.3 is 36.3 Å². The van der Waals surface area contributed by atoms with E-state index >= 15 is 0 Å². The zero-order valence-corrected chi connectivity index (χ0v) is 14.5. The Morgan fingerprint density at radius 3 is 2.36 bits per heavy atom. The average molecular weight is 320 g/mol. The first-order chi connectivity index (χ1) is 9.94. The fourth-order valence-electron chi connectivity index (χ4n) is 2.89. The van der Waals surface area contributed by atoms with E-state index in [1.807, 2.05) is 6.92 Å². The van der Waals surface area contributed by atoms with Crippen LogP contribution in [0.3, 0.4) is 0 Å². The number of benzene rings is 1. The monoisotopic (exact) mass is 320 g/mol. The van der Waals surface area contributed by atoms with Gasteiger partial charge in [-0.2, -0.15) is 0 Å². The Kier molecular flexibility index (Phi) is 5.41. The minimum absolute atomic E-state index is 0. The van der Waals surface area contributed by atoms with Crippen LogP contribution in [0.4, 0.5) is 0 Å². The van der Waals surface area contributed by atoms with Gasteiger partial charge in [0.1, 0.15) is 12.2 Å². The Labute approximate surface area is 150 Å². The second-order valence-electron chi connectivity index (χ2n) is 5.56. The van der Waals surface area contributed by atoms with Crippen molar-refractivity contribution in [2.45, 2.75) is 31.0 Å². The molecule has 0 saturated carbocycles. The van der Waals surface area contributed by atoms with Crippen LogP contribution in [0.25, 0.3) is 0 Å². The van der Waals surface area contributed by atoms with E-state index in [1.165, 1.54) is 0 Å². The van der Waals surface area contributed by atoms with Crippen LogP contribution in [0.1, 0.15) is 5.56 Å². The molecular weight excluding hydrogens is 302 g/mol. The van der Waals surface area contributed by atoms with Crippen molar-refractivity contribution < 1.29 is 63.9 Å². The fraction of sp³-hybridized carbons (Fsp3) is 0.538. The van der Waals surface area contributed by atoms with Gasteiger partial charge in [-0.1, -0.05) is 29.8 Å². The van der Waals surface area contributed by atoms with Crippen LogP contribution in [0, 0.1) is 6.92 Å². The fourth-order valence-corrected chi connectivity index (χ4v) is 2.89. The van der Waals surface area contributed by atoms with Gasteiger partial charge in [-0.3, -0.25) is 0 Å². The molecule has 1 unspecified atom stereocenters. The van der Waals surface area contributed by atoms with E-state index in [4.69, 9.17) is 19.2 Å². The van der Waals surface area contributed by atoms with Gasteiger partial charge in [-0.15, -0.1) is 5.46 Å². The summed E-state index contributed by atoms with van der Waals surface area (Å²) in [5.41, 5.74) is 1.39. The van der Waals surface area contributed by atoms with E-state index in [0.29, 0.717) is 5.46 Å². The summed E-state index contributed by atoms with van der Waals surface area (Å²) >= 11 is 0. The molecular formula is C13H18BNaO7. The van der Waals surface area contributed by atoms with Crippen LogP contribution < -0.4 is 35.0 Å². The number of aliphatic hydroxyl groups is 3. The number of fused-ring (bicyclic) bond motifs is 1. The van der Waals surface area contributed by atoms with Gasteiger partial charge < -0.3 is 34.4 Å². The standard InChI is InChI=1S/C13H18BO7.Na/c1-8-2-4-9(5-3-8)14(18)20-12-11(17)10(6-15)19-13(12,7-16)21-14;/h2-5,10-12,15-18H,6-7H2,1H3;/q-1;+1/t10-,11-,12+,13+,14?;/m1./s1. The molecule has 9 heteroatoms. The molecule has 2 aliphatic heterocycles. The third-order valence-corrected chi connectivity index (χ3v) is 4.06. The van der Waals surface area contributed by atoms with Crippen molar-refractivity contribution >= 4 is 12.2 Å². The van der Waals surface area contributed by atoms with Gasteiger partial charge in [-0.05, 0) is 6.92 Å². The third kappa shape index (κ3) is 2.78. The molecule has 3 rings (SSSR count). The van der Waals surface area contributed by atoms with Crippen molar-refractivity contribution in [3.8, 4) is 0 Å². The van der Waals surface area contributed by atoms with E-state index in [2.05, 4.69) is 0 Å². The number of aryl methyl sites for hydroxylation is 1. The first-order valence-electron chi connectivity index (χ1n) is 6.83. The first-order valence-corrected chi connectivity index (χ1v) is 6.83. The second kappa shape index (κ2) is 6.48. The summed E-state index contributed by atoms with van der Waals surface area (Å²) in [4.78, 5) is 0. The summed E-state index contributed by atoms with van der Waals surface area (Å²) in [7, 11) is 0. The van der Waals surface area contributed by atoms with Crippen molar-refractivity contribution in [3.05, 3.63) is 29.8 Å².